The van der Waals surface area contributed by atoms with E-state index in [2.05, 4.69) is 10.1 Å². The molecule has 0 bridgehead atoms. The standard InChI is InChI=1S/C13H15N3O8/c1-13(2,16(21)22)10(11(17)23-3)14-12(18)24-9-6-4-8(5-7-9)15(19)20/h4-7,10H,1-3H3,(H,14,18). The quantitative estimate of drug-likeness (QED) is 0.461. The van der Waals surface area contributed by atoms with Gasteiger partial charge in [0.25, 0.3) is 5.69 Å². The second kappa shape index (κ2) is 7.35. The minimum absolute atomic E-state index is 0.0411. The Bertz CT molecular complexity index is 656. The highest BCUT2D eigenvalue weighted by molar-refractivity contribution is 5.83. The molecule has 1 aromatic rings. The molecule has 1 aromatic carbocycles. The van der Waals surface area contributed by atoms with E-state index >= 15 is 0 Å². The van der Waals surface area contributed by atoms with Gasteiger partial charge in [-0.25, -0.2) is 9.59 Å². The van der Waals surface area contributed by atoms with E-state index in [4.69, 9.17) is 4.74 Å². The van der Waals surface area contributed by atoms with Crippen LogP contribution >= 0.6 is 0 Å². The number of ether oxygens (including phenoxy) is 2. The summed E-state index contributed by atoms with van der Waals surface area (Å²) in [5, 5.41) is 23.7. The molecule has 1 rings (SSSR count). The lowest BCUT2D eigenvalue weighted by molar-refractivity contribution is -0.562. The molecule has 11 heteroatoms. The largest absolute Gasteiger partial charge is 0.467 e. The van der Waals surface area contributed by atoms with Crippen molar-refractivity contribution in [2.24, 2.45) is 0 Å². The number of rotatable bonds is 6. The van der Waals surface area contributed by atoms with E-state index < -0.39 is 33.5 Å². The lowest BCUT2D eigenvalue weighted by atomic mass is 9.95. The number of nitro groups is 2. The van der Waals surface area contributed by atoms with Crippen molar-refractivity contribution in [2.45, 2.75) is 25.4 Å². The predicted molar refractivity (Wildman–Crippen MR) is 79.1 cm³/mol. The minimum atomic E-state index is -1.85. The Kier molecular flexibility index (Phi) is 5.76. The van der Waals surface area contributed by atoms with Gasteiger partial charge in [0.2, 0.25) is 5.54 Å². The van der Waals surface area contributed by atoms with E-state index in [0.717, 1.165) is 33.1 Å². The molecule has 130 valence electrons. The Morgan fingerprint density at radius 2 is 1.71 bits per heavy atom. The maximum absolute atomic E-state index is 11.8. The lowest BCUT2D eigenvalue weighted by Crippen LogP contribution is -2.58. The van der Waals surface area contributed by atoms with Gasteiger partial charge in [-0.1, -0.05) is 0 Å². The fourth-order valence-electron chi connectivity index (χ4n) is 1.64. The summed E-state index contributed by atoms with van der Waals surface area (Å²) in [5.41, 5.74) is -2.05. The Balaban J connectivity index is 2.87. The number of benzene rings is 1. The Labute approximate surface area is 135 Å². The molecular formula is C13H15N3O8. The number of nitrogens with one attached hydrogen (secondary N) is 1. The number of esters is 1. The zero-order chi connectivity index (χ0) is 18.5. The van der Waals surface area contributed by atoms with Gasteiger partial charge in [0, 0.05) is 30.9 Å². The fraction of sp³-hybridized carbons (Fsp3) is 0.385. The van der Waals surface area contributed by atoms with E-state index in [-0.39, 0.29) is 11.4 Å². The number of methoxy groups -OCH3 is 1. The molecule has 1 amide bonds. The van der Waals surface area contributed by atoms with E-state index in [9.17, 15) is 29.8 Å². The molecule has 0 heterocycles. The summed E-state index contributed by atoms with van der Waals surface area (Å²) in [6.45, 7) is 2.28. The van der Waals surface area contributed by atoms with Gasteiger partial charge in [0.1, 0.15) is 5.75 Å². The average molecular weight is 341 g/mol. The topological polar surface area (TPSA) is 151 Å². The van der Waals surface area contributed by atoms with Crippen molar-refractivity contribution >= 4 is 17.7 Å². The monoisotopic (exact) mass is 341 g/mol. The first kappa shape index (κ1) is 18.8. The molecule has 0 aliphatic heterocycles. The first-order chi connectivity index (χ1) is 11.1. The number of nitro benzene ring substituents is 1. The molecule has 0 radical (unpaired) electrons. The summed E-state index contributed by atoms with van der Waals surface area (Å²) in [7, 11) is 1.02. The fourth-order valence-corrected chi connectivity index (χ4v) is 1.64. The molecule has 0 spiro atoms. The molecule has 24 heavy (non-hydrogen) atoms. The molecule has 0 saturated heterocycles. The van der Waals surface area contributed by atoms with Gasteiger partial charge in [-0.05, 0) is 12.1 Å². The molecule has 1 unspecified atom stereocenters. The van der Waals surface area contributed by atoms with Gasteiger partial charge in [-0.2, -0.15) is 0 Å². The number of carbonyl (C=O) groups is 2. The number of nitrogens with zero attached hydrogens (tertiary/aromatic N) is 2. The second-order valence-corrected chi connectivity index (χ2v) is 5.15. The summed E-state index contributed by atoms with van der Waals surface area (Å²) in [5.74, 6) is -1.06. The SMILES string of the molecule is COC(=O)C(NC(=O)Oc1ccc([N+](=O)[O-])cc1)C(C)(C)[N+](=O)[O-]. The van der Waals surface area contributed by atoms with Crippen LogP contribution in [0.15, 0.2) is 24.3 Å². The summed E-state index contributed by atoms with van der Waals surface area (Å²) in [4.78, 5) is 43.8. The van der Waals surface area contributed by atoms with Crippen LogP contribution in [0.3, 0.4) is 0 Å². The zero-order valence-electron chi connectivity index (χ0n) is 13.0. The highest BCUT2D eigenvalue weighted by atomic mass is 16.6. The molecule has 0 aromatic heterocycles. The third kappa shape index (κ3) is 4.38. The summed E-state index contributed by atoms with van der Waals surface area (Å²) in [6.07, 6.45) is -1.14. The van der Waals surface area contributed by atoms with Gasteiger partial charge in [0.05, 0.1) is 12.0 Å². The molecule has 11 nitrogen and oxygen atoms in total. The highest BCUT2D eigenvalue weighted by Gasteiger charge is 2.47. The van der Waals surface area contributed by atoms with Crippen LogP contribution in [-0.4, -0.2) is 40.6 Å². The maximum Gasteiger partial charge on any atom is 0.413 e. The van der Waals surface area contributed by atoms with Gasteiger partial charge >= 0.3 is 12.1 Å². The van der Waals surface area contributed by atoms with Crippen molar-refractivity contribution in [3.8, 4) is 5.75 Å². The Morgan fingerprint density at radius 1 is 1.17 bits per heavy atom. The van der Waals surface area contributed by atoms with Crippen LogP contribution in [0.5, 0.6) is 5.75 Å². The molecule has 0 aliphatic rings. The van der Waals surface area contributed by atoms with E-state index in [1.165, 1.54) is 12.1 Å². The van der Waals surface area contributed by atoms with E-state index in [1.807, 2.05) is 0 Å². The van der Waals surface area contributed by atoms with Crippen molar-refractivity contribution < 1.29 is 28.9 Å². The third-order valence-corrected chi connectivity index (χ3v) is 3.13. The zero-order valence-corrected chi connectivity index (χ0v) is 13.0. The van der Waals surface area contributed by atoms with Gasteiger partial charge in [-0.15, -0.1) is 0 Å². The minimum Gasteiger partial charge on any atom is -0.467 e. The average Bonchev–Trinajstić information content (AvgIpc) is 2.52. The normalized spacial score (nSPS) is 12.0. The van der Waals surface area contributed by atoms with Crippen molar-refractivity contribution in [3.63, 3.8) is 0 Å². The first-order valence-electron chi connectivity index (χ1n) is 6.54. The van der Waals surface area contributed by atoms with Crippen LogP contribution in [0.4, 0.5) is 10.5 Å². The summed E-state index contributed by atoms with van der Waals surface area (Å²) >= 11 is 0. The van der Waals surface area contributed by atoms with Crippen LogP contribution in [-0.2, 0) is 9.53 Å². The van der Waals surface area contributed by atoms with Crippen molar-refractivity contribution in [3.05, 3.63) is 44.5 Å². The van der Waals surface area contributed by atoms with Crippen molar-refractivity contribution in [1.29, 1.82) is 0 Å². The van der Waals surface area contributed by atoms with Crippen molar-refractivity contribution in [2.75, 3.05) is 7.11 Å². The van der Waals surface area contributed by atoms with Crippen LogP contribution in [0.1, 0.15) is 13.8 Å². The highest BCUT2D eigenvalue weighted by Crippen LogP contribution is 2.19. The molecule has 0 saturated carbocycles. The Hall–Kier alpha value is -3.24. The van der Waals surface area contributed by atoms with Crippen LogP contribution in [0.25, 0.3) is 0 Å². The molecule has 1 N–H and O–H groups in total. The van der Waals surface area contributed by atoms with Gasteiger partial charge in [0.15, 0.2) is 6.04 Å². The van der Waals surface area contributed by atoms with Gasteiger partial charge < -0.3 is 14.8 Å². The van der Waals surface area contributed by atoms with Crippen LogP contribution in [0.2, 0.25) is 0 Å². The first-order valence-corrected chi connectivity index (χ1v) is 6.54. The molecular weight excluding hydrogens is 326 g/mol. The number of hydrogen-bond acceptors (Lipinski definition) is 8. The van der Waals surface area contributed by atoms with Gasteiger partial charge in [-0.3, -0.25) is 20.2 Å². The Morgan fingerprint density at radius 3 is 2.12 bits per heavy atom. The van der Waals surface area contributed by atoms with Crippen LogP contribution < -0.4 is 10.1 Å². The van der Waals surface area contributed by atoms with E-state index in [0.29, 0.717) is 0 Å². The molecule has 0 fully saturated rings. The smallest absolute Gasteiger partial charge is 0.413 e. The predicted octanol–water partition coefficient (Wildman–Crippen LogP) is 1.28. The van der Waals surface area contributed by atoms with Crippen molar-refractivity contribution in [1.82, 2.24) is 5.32 Å². The summed E-state index contributed by atoms with van der Waals surface area (Å²) < 4.78 is 9.30. The number of non-ortho nitro benzene ring substituents is 1. The maximum atomic E-state index is 11.8. The summed E-state index contributed by atoms with van der Waals surface area (Å²) in [6, 6.07) is 2.97. The number of amides is 1. The molecule has 0 aliphatic carbocycles. The lowest BCUT2D eigenvalue weighted by Gasteiger charge is -2.24. The number of carbonyl (C=O) groups excluding carboxylic acids is 2. The van der Waals surface area contributed by atoms with Crippen LogP contribution in [0, 0.1) is 20.2 Å². The number of hydrogen-bond donors (Lipinski definition) is 1. The third-order valence-electron chi connectivity index (χ3n) is 3.13. The molecule has 1 atom stereocenters. The second-order valence-electron chi connectivity index (χ2n) is 5.15. The van der Waals surface area contributed by atoms with E-state index in [1.54, 1.807) is 0 Å².